The maximum absolute atomic E-state index is 12.5. The van der Waals surface area contributed by atoms with Gasteiger partial charge in [0.15, 0.2) is 4.34 Å². The van der Waals surface area contributed by atoms with Crippen LogP contribution < -0.4 is 5.73 Å². The maximum atomic E-state index is 12.5. The summed E-state index contributed by atoms with van der Waals surface area (Å²) in [7, 11) is -1.27. The second-order valence-corrected chi connectivity index (χ2v) is 7.93. The number of benzene rings is 2. The summed E-state index contributed by atoms with van der Waals surface area (Å²) in [6, 6.07) is 10.6. The number of aromatic nitrogens is 1. The molecule has 108 valence electrons. The summed E-state index contributed by atoms with van der Waals surface area (Å²) in [6.07, 6.45) is 0. The zero-order valence-corrected chi connectivity index (χ0v) is 13.8. The number of anilines is 1. The summed E-state index contributed by atoms with van der Waals surface area (Å²) in [6.45, 7) is 0. The zero-order chi connectivity index (χ0) is 15.0. The van der Waals surface area contributed by atoms with Crippen molar-refractivity contribution >= 4 is 61.2 Å². The maximum Gasteiger partial charge on any atom is 0.182 e. The van der Waals surface area contributed by atoms with Crippen LogP contribution in [-0.4, -0.2) is 9.19 Å². The van der Waals surface area contributed by atoms with Crippen LogP contribution in [0.1, 0.15) is 5.56 Å². The van der Waals surface area contributed by atoms with Crippen molar-refractivity contribution in [3.05, 3.63) is 52.0 Å². The van der Waals surface area contributed by atoms with Gasteiger partial charge >= 0.3 is 0 Å². The molecular formula is C14H10Cl2N2OS2. The lowest BCUT2D eigenvalue weighted by Crippen LogP contribution is -1.96. The van der Waals surface area contributed by atoms with Gasteiger partial charge in [0.25, 0.3) is 0 Å². The third kappa shape index (κ3) is 3.21. The third-order valence-electron chi connectivity index (χ3n) is 2.88. The highest BCUT2D eigenvalue weighted by Gasteiger charge is 2.13. The molecule has 3 nitrogen and oxygen atoms in total. The van der Waals surface area contributed by atoms with Crippen molar-refractivity contribution in [2.45, 2.75) is 10.1 Å². The van der Waals surface area contributed by atoms with E-state index in [0.717, 1.165) is 15.8 Å². The first kappa shape index (κ1) is 14.8. The van der Waals surface area contributed by atoms with Gasteiger partial charge in [-0.3, -0.25) is 4.21 Å². The van der Waals surface area contributed by atoms with Crippen molar-refractivity contribution < 1.29 is 4.21 Å². The van der Waals surface area contributed by atoms with Crippen LogP contribution in [0.2, 0.25) is 10.0 Å². The van der Waals surface area contributed by atoms with Gasteiger partial charge in [-0.2, -0.15) is 0 Å². The number of nitrogens with two attached hydrogens (primary N) is 1. The Labute approximate surface area is 138 Å². The van der Waals surface area contributed by atoms with Gasteiger partial charge in [0, 0.05) is 15.7 Å². The Balaban J connectivity index is 1.91. The van der Waals surface area contributed by atoms with Gasteiger partial charge in [0.2, 0.25) is 0 Å². The molecule has 0 spiro atoms. The SMILES string of the molecule is Nc1ccc2nc(S(=O)Cc3cc(Cl)ccc3Cl)sc2c1. The second-order valence-electron chi connectivity index (χ2n) is 4.43. The van der Waals surface area contributed by atoms with E-state index in [2.05, 4.69) is 4.98 Å². The normalized spacial score (nSPS) is 12.7. The fourth-order valence-electron chi connectivity index (χ4n) is 1.87. The molecule has 3 aromatic rings. The van der Waals surface area contributed by atoms with Gasteiger partial charge in [-0.1, -0.05) is 23.2 Å². The molecule has 3 rings (SSSR count). The first-order valence-corrected chi connectivity index (χ1v) is 8.90. The van der Waals surface area contributed by atoms with Crippen LogP contribution in [0, 0.1) is 0 Å². The quantitative estimate of drug-likeness (QED) is 0.703. The number of halogens is 2. The molecule has 0 saturated heterocycles. The Kier molecular flexibility index (Phi) is 4.17. The van der Waals surface area contributed by atoms with Crippen LogP contribution in [0.25, 0.3) is 10.2 Å². The van der Waals surface area contributed by atoms with Crippen LogP contribution in [0.5, 0.6) is 0 Å². The fourth-order valence-corrected chi connectivity index (χ4v) is 4.74. The van der Waals surface area contributed by atoms with E-state index in [0.29, 0.717) is 20.1 Å². The largest absolute Gasteiger partial charge is 0.399 e. The molecule has 0 aliphatic rings. The van der Waals surface area contributed by atoms with Crippen LogP contribution in [0.3, 0.4) is 0 Å². The number of thiazole rings is 1. The van der Waals surface area contributed by atoms with Gasteiger partial charge < -0.3 is 5.73 Å². The van der Waals surface area contributed by atoms with Crippen molar-refractivity contribution in [3.63, 3.8) is 0 Å². The standard InChI is InChI=1S/C14H10Cl2N2OS2/c15-9-1-3-11(16)8(5-9)7-21(19)14-18-12-4-2-10(17)6-13(12)20-14/h1-6H,7,17H2. The van der Waals surface area contributed by atoms with Crippen molar-refractivity contribution in [3.8, 4) is 0 Å². The summed E-state index contributed by atoms with van der Waals surface area (Å²) in [5.74, 6) is 0.286. The Hall–Kier alpha value is -1.14. The Bertz CT molecular complexity index is 848. The average molecular weight is 357 g/mol. The van der Waals surface area contributed by atoms with E-state index in [4.69, 9.17) is 28.9 Å². The molecule has 2 N–H and O–H groups in total. The molecule has 0 amide bonds. The summed E-state index contributed by atoms with van der Waals surface area (Å²) in [4.78, 5) is 4.39. The highest BCUT2D eigenvalue weighted by Crippen LogP contribution is 2.29. The summed E-state index contributed by atoms with van der Waals surface area (Å²) < 4.78 is 13.9. The molecule has 1 aromatic heterocycles. The van der Waals surface area contributed by atoms with Crippen molar-refractivity contribution in [1.82, 2.24) is 4.98 Å². The minimum atomic E-state index is -1.27. The lowest BCUT2D eigenvalue weighted by atomic mass is 10.2. The lowest BCUT2D eigenvalue weighted by Gasteiger charge is -2.03. The molecule has 0 saturated carbocycles. The predicted molar refractivity (Wildman–Crippen MR) is 90.6 cm³/mol. The van der Waals surface area contributed by atoms with E-state index in [1.807, 2.05) is 12.1 Å². The first-order valence-electron chi connectivity index (χ1n) is 6.01. The monoisotopic (exact) mass is 356 g/mol. The molecule has 7 heteroatoms. The highest BCUT2D eigenvalue weighted by molar-refractivity contribution is 7.86. The third-order valence-corrected chi connectivity index (χ3v) is 6.16. The van der Waals surface area contributed by atoms with E-state index in [1.165, 1.54) is 11.3 Å². The van der Waals surface area contributed by atoms with Crippen LogP contribution in [-0.2, 0) is 16.6 Å². The van der Waals surface area contributed by atoms with E-state index in [-0.39, 0.29) is 5.75 Å². The summed E-state index contributed by atoms with van der Waals surface area (Å²) >= 11 is 13.4. The molecule has 0 radical (unpaired) electrons. The van der Waals surface area contributed by atoms with Crippen molar-refractivity contribution in [1.29, 1.82) is 0 Å². The number of nitrogens with zero attached hydrogens (tertiary/aromatic N) is 1. The fraction of sp³-hybridized carbons (Fsp3) is 0.0714. The number of fused-ring (bicyclic) bond motifs is 1. The molecule has 1 unspecified atom stereocenters. The number of rotatable bonds is 3. The highest BCUT2D eigenvalue weighted by atomic mass is 35.5. The van der Waals surface area contributed by atoms with Gasteiger partial charge in [-0.05, 0) is 42.0 Å². The van der Waals surface area contributed by atoms with Crippen molar-refractivity contribution in [2.75, 3.05) is 5.73 Å². The van der Waals surface area contributed by atoms with E-state index < -0.39 is 10.8 Å². The minimum absolute atomic E-state index is 0.286. The number of hydrogen-bond donors (Lipinski definition) is 1. The molecule has 1 heterocycles. The molecule has 21 heavy (non-hydrogen) atoms. The minimum Gasteiger partial charge on any atom is -0.399 e. The van der Waals surface area contributed by atoms with E-state index in [9.17, 15) is 4.21 Å². The smallest absolute Gasteiger partial charge is 0.182 e. The second kappa shape index (κ2) is 5.93. The van der Waals surface area contributed by atoms with Crippen LogP contribution in [0.15, 0.2) is 40.7 Å². The predicted octanol–water partition coefficient (Wildman–Crippen LogP) is 4.49. The van der Waals surface area contributed by atoms with E-state index >= 15 is 0 Å². The first-order chi connectivity index (χ1) is 10.0. The average Bonchev–Trinajstić information content (AvgIpc) is 2.86. The van der Waals surface area contributed by atoms with Crippen LogP contribution in [0.4, 0.5) is 5.69 Å². The Morgan fingerprint density at radius 3 is 2.81 bits per heavy atom. The van der Waals surface area contributed by atoms with E-state index in [1.54, 1.807) is 24.3 Å². The molecule has 0 bridgehead atoms. The topological polar surface area (TPSA) is 56.0 Å². The van der Waals surface area contributed by atoms with Gasteiger partial charge in [0.1, 0.15) is 0 Å². The molecular weight excluding hydrogens is 347 g/mol. The molecule has 0 aliphatic carbocycles. The zero-order valence-electron chi connectivity index (χ0n) is 10.7. The number of nitrogen functional groups attached to an aromatic ring is 1. The molecule has 1 atom stereocenters. The van der Waals surface area contributed by atoms with Crippen LogP contribution >= 0.6 is 34.5 Å². The van der Waals surface area contributed by atoms with Gasteiger partial charge in [-0.25, -0.2) is 4.98 Å². The van der Waals surface area contributed by atoms with Gasteiger partial charge in [0.05, 0.1) is 26.8 Å². The molecule has 2 aromatic carbocycles. The van der Waals surface area contributed by atoms with Crippen molar-refractivity contribution in [2.24, 2.45) is 0 Å². The molecule has 0 fully saturated rings. The summed E-state index contributed by atoms with van der Waals surface area (Å²) in [5, 5.41) is 1.13. The number of hydrogen-bond acceptors (Lipinski definition) is 4. The van der Waals surface area contributed by atoms with Gasteiger partial charge in [-0.15, -0.1) is 11.3 Å². The Morgan fingerprint density at radius 1 is 1.19 bits per heavy atom. The molecule has 0 aliphatic heterocycles. The lowest BCUT2D eigenvalue weighted by molar-refractivity contribution is 0.682. The Morgan fingerprint density at radius 2 is 2.00 bits per heavy atom. The summed E-state index contributed by atoms with van der Waals surface area (Å²) in [5.41, 5.74) is 7.96.